The summed E-state index contributed by atoms with van der Waals surface area (Å²) in [5, 5.41) is 6.56. The van der Waals surface area contributed by atoms with Gasteiger partial charge in [-0.05, 0) is 50.1 Å². The van der Waals surface area contributed by atoms with Gasteiger partial charge in [0.15, 0.2) is 17.5 Å². The predicted octanol–water partition coefficient (Wildman–Crippen LogP) is 3.72. The van der Waals surface area contributed by atoms with Gasteiger partial charge in [-0.3, -0.25) is 4.99 Å². The largest absolute Gasteiger partial charge is 0.494 e. The summed E-state index contributed by atoms with van der Waals surface area (Å²) in [5.41, 5.74) is 2.08. The molecule has 0 atom stereocenters. The van der Waals surface area contributed by atoms with Crippen LogP contribution in [0.5, 0.6) is 17.2 Å². The molecule has 0 aliphatic rings. The van der Waals surface area contributed by atoms with Crippen LogP contribution in [0.15, 0.2) is 47.5 Å². The summed E-state index contributed by atoms with van der Waals surface area (Å²) >= 11 is 0. The van der Waals surface area contributed by atoms with E-state index in [-0.39, 0.29) is 0 Å². The van der Waals surface area contributed by atoms with Gasteiger partial charge in [0, 0.05) is 24.8 Å². The molecule has 0 aliphatic heterocycles. The van der Waals surface area contributed by atoms with Crippen LogP contribution in [0.1, 0.15) is 19.4 Å². The molecule has 2 aromatic carbocycles. The van der Waals surface area contributed by atoms with Crippen molar-refractivity contribution in [3.8, 4) is 17.2 Å². The van der Waals surface area contributed by atoms with E-state index in [2.05, 4.69) is 27.8 Å². The second-order valence-corrected chi connectivity index (χ2v) is 5.79. The van der Waals surface area contributed by atoms with Gasteiger partial charge in [0.25, 0.3) is 0 Å². The first-order valence-corrected chi connectivity index (χ1v) is 9.19. The van der Waals surface area contributed by atoms with Crippen LogP contribution >= 0.6 is 0 Å². The van der Waals surface area contributed by atoms with Gasteiger partial charge in [-0.2, -0.15) is 0 Å². The standard InChI is InChI=1S/C21H29N3O3/c1-5-22-21(24-17-10-11-19(25-3)20(15-17)26-4)23-13-12-16-8-7-9-18(14-16)27-6-2/h7-11,14-15H,5-6,12-13H2,1-4H3,(H2,22,23,24). The first kappa shape index (κ1) is 20.4. The van der Waals surface area contributed by atoms with Gasteiger partial charge in [0.1, 0.15) is 5.75 Å². The van der Waals surface area contributed by atoms with Gasteiger partial charge >= 0.3 is 0 Å². The zero-order valence-corrected chi connectivity index (χ0v) is 16.5. The van der Waals surface area contributed by atoms with E-state index >= 15 is 0 Å². The van der Waals surface area contributed by atoms with Gasteiger partial charge in [0.05, 0.1) is 20.8 Å². The van der Waals surface area contributed by atoms with E-state index in [9.17, 15) is 0 Å². The van der Waals surface area contributed by atoms with Crippen LogP contribution in [0.25, 0.3) is 0 Å². The Morgan fingerprint density at radius 1 is 1.00 bits per heavy atom. The fourth-order valence-corrected chi connectivity index (χ4v) is 2.61. The molecule has 0 amide bonds. The molecule has 0 aliphatic carbocycles. The first-order valence-electron chi connectivity index (χ1n) is 9.19. The Labute approximate surface area is 161 Å². The highest BCUT2D eigenvalue weighted by atomic mass is 16.5. The molecule has 0 fully saturated rings. The molecule has 0 unspecified atom stereocenters. The lowest BCUT2D eigenvalue weighted by molar-refractivity contribution is 0.340. The minimum atomic E-state index is 0.665. The molecule has 2 N–H and O–H groups in total. The number of aliphatic imine (C=N–C) groups is 1. The summed E-state index contributed by atoms with van der Waals surface area (Å²) in [6.07, 6.45) is 0.837. The molecule has 0 aromatic heterocycles. The lowest BCUT2D eigenvalue weighted by atomic mass is 10.1. The molecule has 0 heterocycles. The number of hydrogen-bond acceptors (Lipinski definition) is 4. The van der Waals surface area contributed by atoms with Crippen LogP contribution in [0.3, 0.4) is 0 Å². The molecule has 0 radical (unpaired) electrons. The monoisotopic (exact) mass is 371 g/mol. The van der Waals surface area contributed by atoms with Crippen molar-refractivity contribution in [1.29, 1.82) is 0 Å². The van der Waals surface area contributed by atoms with E-state index in [0.717, 1.165) is 30.4 Å². The van der Waals surface area contributed by atoms with Crippen LogP contribution in [-0.4, -0.2) is 39.9 Å². The maximum absolute atomic E-state index is 5.55. The van der Waals surface area contributed by atoms with Crippen LogP contribution < -0.4 is 24.8 Å². The minimum Gasteiger partial charge on any atom is -0.494 e. The number of anilines is 1. The number of methoxy groups -OCH3 is 2. The predicted molar refractivity (Wildman–Crippen MR) is 110 cm³/mol. The average Bonchev–Trinajstić information content (AvgIpc) is 2.68. The van der Waals surface area contributed by atoms with Gasteiger partial charge in [0.2, 0.25) is 0 Å². The molecule has 2 aromatic rings. The fraction of sp³-hybridized carbons (Fsp3) is 0.381. The molecule has 146 valence electrons. The maximum atomic E-state index is 5.55. The van der Waals surface area contributed by atoms with E-state index in [1.807, 2.05) is 44.2 Å². The van der Waals surface area contributed by atoms with Gasteiger partial charge in [-0.1, -0.05) is 12.1 Å². The van der Waals surface area contributed by atoms with Crippen LogP contribution in [-0.2, 0) is 6.42 Å². The lowest BCUT2D eigenvalue weighted by Crippen LogP contribution is -2.30. The summed E-state index contributed by atoms with van der Waals surface area (Å²) in [6, 6.07) is 13.8. The second kappa shape index (κ2) is 11.0. The SMILES string of the molecule is CCNC(=NCCc1cccc(OCC)c1)Nc1ccc(OC)c(OC)c1. The Balaban J connectivity index is 2.02. The van der Waals surface area contributed by atoms with E-state index in [4.69, 9.17) is 14.2 Å². The number of nitrogens with one attached hydrogen (secondary N) is 2. The number of ether oxygens (including phenoxy) is 3. The lowest BCUT2D eigenvalue weighted by Gasteiger charge is -2.14. The number of rotatable bonds is 9. The molecule has 0 saturated carbocycles. The van der Waals surface area contributed by atoms with Crippen molar-refractivity contribution in [2.75, 3.05) is 39.2 Å². The number of benzene rings is 2. The molecule has 0 bridgehead atoms. The first-order chi connectivity index (χ1) is 13.2. The van der Waals surface area contributed by atoms with Crippen molar-refractivity contribution >= 4 is 11.6 Å². The molecular weight excluding hydrogens is 342 g/mol. The van der Waals surface area contributed by atoms with Crippen molar-refractivity contribution in [2.45, 2.75) is 20.3 Å². The van der Waals surface area contributed by atoms with E-state index in [1.54, 1.807) is 14.2 Å². The summed E-state index contributed by atoms with van der Waals surface area (Å²) in [5.74, 6) is 2.99. The zero-order chi connectivity index (χ0) is 19.5. The molecular formula is C21H29N3O3. The number of guanidine groups is 1. The highest BCUT2D eigenvalue weighted by Crippen LogP contribution is 2.29. The third-order valence-electron chi connectivity index (χ3n) is 3.87. The van der Waals surface area contributed by atoms with Crippen molar-refractivity contribution in [1.82, 2.24) is 5.32 Å². The fourth-order valence-electron chi connectivity index (χ4n) is 2.61. The summed E-state index contributed by atoms with van der Waals surface area (Å²) < 4.78 is 16.2. The van der Waals surface area contributed by atoms with Crippen molar-refractivity contribution < 1.29 is 14.2 Å². The van der Waals surface area contributed by atoms with Crippen molar-refractivity contribution in [2.24, 2.45) is 4.99 Å². The molecule has 0 saturated heterocycles. The highest BCUT2D eigenvalue weighted by Gasteiger charge is 2.06. The highest BCUT2D eigenvalue weighted by molar-refractivity contribution is 5.93. The smallest absolute Gasteiger partial charge is 0.195 e. The number of nitrogens with zero attached hydrogens (tertiary/aromatic N) is 1. The van der Waals surface area contributed by atoms with Gasteiger partial charge < -0.3 is 24.8 Å². The summed E-state index contributed by atoms with van der Waals surface area (Å²) in [7, 11) is 3.24. The topological polar surface area (TPSA) is 64.1 Å². The Morgan fingerprint density at radius 3 is 2.52 bits per heavy atom. The quantitative estimate of drug-likeness (QED) is 0.519. The van der Waals surface area contributed by atoms with Crippen LogP contribution in [0.2, 0.25) is 0 Å². The van der Waals surface area contributed by atoms with Crippen LogP contribution in [0.4, 0.5) is 5.69 Å². The molecule has 2 rings (SSSR count). The second-order valence-electron chi connectivity index (χ2n) is 5.79. The third-order valence-corrected chi connectivity index (χ3v) is 3.87. The minimum absolute atomic E-state index is 0.665. The van der Waals surface area contributed by atoms with Crippen molar-refractivity contribution in [3.63, 3.8) is 0 Å². The van der Waals surface area contributed by atoms with E-state index in [0.29, 0.717) is 24.7 Å². The molecule has 27 heavy (non-hydrogen) atoms. The Bertz CT molecular complexity index is 747. The summed E-state index contributed by atoms with van der Waals surface area (Å²) in [6.45, 7) is 6.13. The summed E-state index contributed by atoms with van der Waals surface area (Å²) in [4.78, 5) is 4.66. The zero-order valence-electron chi connectivity index (χ0n) is 16.5. The Kier molecular flexibility index (Phi) is 8.29. The average molecular weight is 371 g/mol. The Hall–Kier alpha value is -2.89. The van der Waals surface area contributed by atoms with E-state index in [1.165, 1.54) is 5.56 Å². The maximum Gasteiger partial charge on any atom is 0.195 e. The van der Waals surface area contributed by atoms with Gasteiger partial charge in [-0.25, -0.2) is 0 Å². The molecule has 6 nitrogen and oxygen atoms in total. The number of hydrogen-bond donors (Lipinski definition) is 2. The van der Waals surface area contributed by atoms with Crippen molar-refractivity contribution in [3.05, 3.63) is 48.0 Å². The normalized spacial score (nSPS) is 11.0. The molecule has 6 heteroatoms. The molecule has 0 spiro atoms. The van der Waals surface area contributed by atoms with Crippen LogP contribution in [0, 0.1) is 0 Å². The third kappa shape index (κ3) is 6.40. The Morgan fingerprint density at radius 2 is 1.81 bits per heavy atom. The van der Waals surface area contributed by atoms with E-state index < -0.39 is 0 Å². The van der Waals surface area contributed by atoms with Gasteiger partial charge in [-0.15, -0.1) is 0 Å².